The molecule has 24 heavy (non-hydrogen) atoms. The van der Waals surface area contributed by atoms with Gasteiger partial charge in [0.1, 0.15) is 11.7 Å². The summed E-state index contributed by atoms with van der Waals surface area (Å²) in [4.78, 5) is 13.3. The standard InChI is InChI=1S/C19H17N3O2/c1-13(14-4-2-5-15(10-14)17-6-3-8-20-17)24-22-19-11-18-16(12-21-19)7-9-23-18/h2-13,20H,1H3,(H,21,22). The SMILES string of the molecule is CC(ONc1cc2occc2cn1)c1cccc(-c2ccc[nH]2)c1. The molecule has 0 amide bonds. The van der Waals surface area contributed by atoms with Crippen molar-refractivity contribution in [3.63, 3.8) is 0 Å². The fourth-order valence-corrected chi connectivity index (χ4v) is 2.60. The first kappa shape index (κ1) is 14.5. The third-order valence-corrected chi connectivity index (χ3v) is 3.94. The van der Waals surface area contributed by atoms with Gasteiger partial charge in [-0.3, -0.25) is 4.84 Å². The fraction of sp³-hybridized carbons (Fsp3) is 0.105. The number of benzene rings is 1. The largest absolute Gasteiger partial charge is 0.464 e. The molecule has 5 heteroatoms. The van der Waals surface area contributed by atoms with Gasteiger partial charge in [-0.15, -0.1) is 0 Å². The Kier molecular flexibility index (Phi) is 3.76. The van der Waals surface area contributed by atoms with E-state index >= 15 is 0 Å². The van der Waals surface area contributed by atoms with Gasteiger partial charge in [0.05, 0.1) is 6.26 Å². The summed E-state index contributed by atoms with van der Waals surface area (Å²) < 4.78 is 5.37. The Morgan fingerprint density at radius 1 is 1.17 bits per heavy atom. The van der Waals surface area contributed by atoms with Crippen LogP contribution in [0, 0.1) is 0 Å². The molecule has 3 heterocycles. The minimum Gasteiger partial charge on any atom is -0.464 e. The molecule has 0 spiro atoms. The van der Waals surface area contributed by atoms with Crippen molar-refractivity contribution in [1.29, 1.82) is 0 Å². The molecule has 120 valence electrons. The van der Waals surface area contributed by atoms with E-state index in [4.69, 9.17) is 9.25 Å². The molecule has 0 bridgehead atoms. The van der Waals surface area contributed by atoms with E-state index in [-0.39, 0.29) is 6.10 Å². The van der Waals surface area contributed by atoms with Gasteiger partial charge in [0.15, 0.2) is 5.82 Å². The van der Waals surface area contributed by atoms with Crippen LogP contribution in [0.25, 0.3) is 22.2 Å². The minimum atomic E-state index is -0.131. The van der Waals surface area contributed by atoms with E-state index < -0.39 is 0 Å². The Labute approximate surface area is 139 Å². The van der Waals surface area contributed by atoms with Crippen LogP contribution in [0.4, 0.5) is 5.82 Å². The first-order valence-corrected chi connectivity index (χ1v) is 7.78. The number of H-pyrrole nitrogens is 1. The summed E-state index contributed by atoms with van der Waals surface area (Å²) in [6, 6.07) is 16.0. The molecule has 1 unspecified atom stereocenters. The predicted octanol–water partition coefficient (Wildman–Crippen LogP) is 4.93. The molecule has 1 aromatic carbocycles. The number of furan rings is 1. The molecular weight excluding hydrogens is 302 g/mol. The van der Waals surface area contributed by atoms with Crippen molar-refractivity contribution in [2.45, 2.75) is 13.0 Å². The molecule has 1 atom stereocenters. The average Bonchev–Trinajstić information content (AvgIpc) is 3.30. The van der Waals surface area contributed by atoms with Crippen molar-refractivity contribution in [2.24, 2.45) is 0 Å². The van der Waals surface area contributed by atoms with Gasteiger partial charge < -0.3 is 9.40 Å². The molecule has 3 aromatic heterocycles. The lowest BCUT2D eigenvalue weighted by Gasteiger charge is -2.14. The number of nitrogens with one attached hydrogen (secondary N) is 2. The molecule has 0 aliphatic carbocycles. The second-order valence-corrected chi connectivity index (χ2v) is 5.60. The number of hydrogen-bond acceptors (Lipinski definition) is 4. The number of hydrogen-bond donors (Lipinski definition) is 2. The number of aromatic amines is 1. The topological polar surface area (TPSA) is 63.1 Å². The lowest BCUT2D eigenvalue weighted by molar-refractivity contribution is 0.115. The maximum absolute atomic E-state index is 5.75. The van der Waals surface area contributed by atoms with Gasteiger partial charge in [-0.1, -0.05) is 18.2 Å². The second-order valence-electron chi connectivity index (χ2n) is 5.60. The zero-order valence-electron chi connectivity index (χ0n) is 13.2. The number of nitrogens with zero attached hydrogens (tertiary/aromatic N) is 1. The van der Waals surface area contributed by atoms with Crippen LogP contribution in [0.1, 0.15) is 18.6 Å². The Morgan fingerprint density at radius 3 is 3.00 bits per heavy atom. The van der Waals surface area contributed by atoms with E-state index in [2.05, 4.69) is 27.6 Å². The normalized spacial score (nSPS) is 12.4. The zero-order valence-corrected chi connectivity index (χ0v) is 13.2. The first-order chi connectivity index (χ1) is 11.8. The van der Waals surface area contributed by atoms with Gasteiger partial charge in [0, 0.05) is 29.5 Å². The molecule has 2 N–H and O–H groups in total. The molecule has 0 saturated carbocycles. The van der Waals surface area contributed by atoms with Gasteiger partial charge in [-0.2, -0.15) is 0 Å². The van der Waals surface area contributed by atoms with Crippen LogP contribution in [0.2, 0.25) is 0 Å². The van der Waals surface area contributed by atoms with Crippen molar-refractivity contribution in [3.8, 4) is 11.3 Å². The maximum Gasteiger partial charge on any atom is 0.153 e. The number of aromatic nitrogens is 2. The third-order valence-electron chi connectivity index (χ3n) is 3.94. The quantitative estimate of drug-likeness (QED) is 0.512. The summed E-state index contributed by atoms with van der Waals surface area (Å²) in [6.07, 6.45) is 5.18. The van der Waals surface area contributed by atoms with E-state index in [1.165, 1.54) is 0 Å². The highest BCUT2D eigenvalue weighted by Gasteiger charge is 2.09. The third kappa shape index (κ3) is 2.89. The summed E-state index contributed by atoms with van der Waals surface area (Å²) >= 11 is 0. The molecule has 4 rings (SSSR count). The van der Waals surface area contributed by atoms with Crippen LogP contribution in [0.5, 0.6) is 0 Å². The summed E-state index contributed by atoms with van der Waals surface area (Å²) in [7, 11) is 0. The van der Waals surface area contributed by atoms with Crippen LogP contribution < -0.4 is 5.48 Å². The van der Waals surface area contributed by atoms with Crippen molar-refractivity contribution in [2.75, 3.05) is 5.48 Å². The fourth-order valence-electron chi connectivity index (χ4n) is 2.60. The van der Waals surface area contributed by atoms with Gasteiger partial charge in [-0.05, 0) is 42.3 Å². The van der Waals surface area contributed by atoms with E-state index in [9.17, 15) is 0 Å². The Morgan fingerprint density at radius 2 is 2.12 bits per heavy atom. The van der Waals surface area contributed by atoms with Crippen molar-refractivity contribution in [3.05, 3.63) is 72.8 Å². The van der Waals surface area contributed by atoms with E-state index in [1.54, 1.807) is 12.5 Å². The lowest BCUT2D eigenvalue weighted by atomic mass is 10.1. The van der Waals surface area contributed by atoms with Gasteiger partial charge >= 0.3 is 0 Å². The van der Waals surface area contributed by atoms with Gasteiger partial charge in [0.2, 0.25) is 0 Å². The molecular formula is C19H17N3O2. The Balaban J connectivity index is 1.47. The highest BCUT2D eigenvalue weighted by Crippen LogP contribution is 2.24. The van der Waals surface area contributed by atoms with Gasteiger partial charge in [0.25, 0.3) is 0 Å². The molecule has 5 nitrogen and oxygen atoms in total. The summed E-state index contributed by atoms with van der Waals surface area (Å²) in [6.45, 7) is 1.99. The van der Waals surface area contributed by atoms with Gasteiger partial charge in [-0.25, -0.2) is 10.5 Å². The van der Waals surface area contributed by atoms with Crippen LogP contribution in [-0.4, -0.2) is 9.97 Å². The number of anilines is 1. The molecule has 0 saturated heterocycles. The summed E-state index contributed by atoms with van der Waals surface area (Å²) in [5.74, 6) is 0.616. The lowest BCUT2D eigenvalue weighted by Crippen LogP contribution is -2.07. The molecule has 0 aliphatic rings. The minimum absolute atomic E-state index is 0.131. The molecule has 4 aromatic rings. The molecule has 0 radical (unpaired) electrons. The predicted molar refractivity (Wildman–Crippen MR) is 93.4 cm³/mol. The monoisotopic (exact) mass is 319 g/mol. The zero-order chi connectivity index (χ0) is 16.4. The van der Waals surface area contributed by atoms with Crippen molar-refractivity contribution < 1.29 is 9.25 Å². The highest BCUT2D eigenvalue weighted by molar-refractivity contribution is 5.78. The highest BCUT2D eigenvalue weighted by atomic mass is 16.7. The van der Waals surface area contributed by atoms with Crippen LogP contribution in [-0.2, 0) is 4.84 Å². The number of pyridine rings is 1. The first-order valence-electron chi connectivity index (χ1n) is 7.78. The van der Waals surface area contributed by atoms with Crippen LogP contribution in [0.15, 0.2) is 71.6 Å². The van der Waals surface area contributed by atoms with Crippen LogP contribution in [0.3, 0.4) is 0 Å². The Hall–Kier alpha value is -3.05. The van der Waals surface area contributed by atoms with Crippen molar-refractivity contribution in [1.82, 2.24) is 9.97 Å². The molecule has 0 aliphatic heterocycles. The summed E-state index contributed by atoms with van der Waals surface area (Å²) in [5, 5.41) is 0.965. The van der Waals surface area contributed by atoms with E-state index in [1.807, 2.05) is 49.5 Å². The maximum atomic E-state index is 5.75. The van der Waals surface area contributed by atoms with E-state index in [0.717, 1.165) is 27.8 Å². The van der Waals surface area contributed by atoms with Crippen LogP contribution >= 0.6 is 0 Å². The summed E-state index contributed by atoms with van der Waals surface area (Å²) in [5.41, 5.74) is 6.97. The second kappa shape index (κ2) is 6.22. The number of rotatable bonds is 5. The average molecular weight is 319 g/mol. The van der Waals surface area contributed by atoms with E-state index in [0.29, 0.717) is 5.82 Å². The number of fused-ring (bicyclic) bond motifs is 1. The molecule has 0 fully saturated rings. The Bertz CT molecular complexity index is 944. The smallest absolute Gasteiger partial charge is 0.153 e. The van der Waals surface area contributed by atoms with Crippen molar-refractivity contribution >= 4 is 16.8 Å².